The van der Waals surface area contributed by atoms with E-state index >= 15 is 4.39 Å². The van der Waals surface area contributed by atoms with Crippen LogP contribution in [0.3, 0.4) is 0 Å². The second-order valence-corrected chi connectivity index (χ2v) is 18.5. The van der Waals surface area contributed by atoms with Gasteiger partial charge in [-0.3, -0.25) is 19.2 Å². The maximum absolute atomic E-state index is 15.7. The molecule has 5 amide bonds. The summed E-state index contributed by atoms with van der Waals surface area (Å²) in [7, 11) is 0. The zero-order valence-electron chi connectivity index (χ0n) is 36.1. The van der Waals surface area contributed by atoms with Gasteiger partial charge >= 0.3 is 6.09 Å². The highest BCUT2D eigenvalue weighted by molar-refractivity contribution is 7.13. The first-order valence-electron chi connectivity index (χ1n) is 20.3. The minimum Gasteiger partial charge on any atom is -0.488 e. The highest BCUT2D eigenvalue weighted by atomic mass is 32.1. The molecule has 5 atom stereocenters. The van der Waals surface area contributed by atoms with E-state index in [-0.39, 0.29) is 63.5 Å². The molecule has 0 unspecified atom stereocenters. The summed E-state index contributed by atoms with van der Waals surface area (Å²) in [6.07, 6.45) is -1.06. The SMILES string of the molecule is Cc1cc(CCCC(=O)N[C@H](C(=O)N2C[C@H](O)C[C@H]2C(=O)N[C@@H](C)c2ccc(-c3scnc3C)cc2)C(C)(C)C)c(F)c(OC[C@H](CCC(N)=O)NC(=O)OC(C)(C)C)c1. The molecule has 0 spiro atoms. The lowest BCUT2D eigenvalue weighted by Crippen LogP contribution is -2.57. The molecule has 0 bridgehead atoms. The van der Waals surface area contributed by atoms with Gasteiger partial charge in [0.25, 0.3) is 0 Å². The number of nitrogens with two attached hydrogens (primary N) is 1. The number of ether oxygens (including phenoxy) is 2. The molecule has 16 heteroatoms. The second kappa shape index (κ2) is 20.4. The predicted molar refractivity (Wildman–Crippen MR) is 228 cm³/mol. The number of aromatic nitrogens is 1. The maximum atomic E-state index is 15.7. The quantitative estimate of drug-likeness (QED) is 0.111. The van der Waals surface area contributed by atoms with Crippen molar-refractivity contribution in [2.45, 2.75) is 137 Å². The summed E-state index contributed by atoms with van der Waals surface area (Å²) in [5.74, 6) is -2.55. The number of nitrogens with one attached hydrogen (secondary N) is 3. The number of carbonyl (C=O) groups is 5. The Hall–Kier alpha value is -5.09. The predicted octanol–water partition coefficient (Wildman–Crippen LogP) is 5.80. The van der Waals surface area contributed by atoms with Crippen molar-refractivity contribution in [3.05, 3.63) is 70.1 Å². The third kappa shape index (κ3) is 13.7. The van der Waals surface area contributed by atoms with Gasteiger partial charge in [-0.25, -0.2) is 14.2 Å². The average molecular weight is 853 g/mol. The molecule has 60 heavy (non-hydrogen) atoms. The standard InChI is InChI=1S/C44H61FN6O8S/c1-25-19-30(37(45)34(20-25)58-23-31(17-18-35(46)53)49-42(57)59-44(7,8)9)11-10-12-36(54)50-39(43(4,5)6)41(56)51-22-32(52)21-33(51)40(55)48-26(2)28-13-15-29(16-14-28)38-27(3)47-24-60-38/h13-16,19-20,24,26,31-33,39,52H,10-12,17-18,21-23H2,1-9H3,(H2,46,53)(H,48,55)(H,49,57)(H,50,54)/t26-,31-,32+,33-,39+/m0/s1. The minimum atomic E-state index is -1.02. The van der Waals surface area contributed by atoms with Crippen LogP contribution in [0, 0.1) is 25.1 Å². The van der Waals surface area contributed by atoms with E-state index < -0.39 is 70.8 Å². The van der Waals surface area contributed by atoms with Crippen molar-refractivity contribution < 1.29 is 42.9 Å². The number of rotatable bonds is 17. The highest BCUT2D eigenvalue weighted by Gasteiger charge is 2.44. The molecule has 14 nitrogen and oxygen atoms in total. The molecule has 0 aliphatic carbocycles. The summed E-state index contributed by atoms with van der Waals surface area (Å²) in [6, 6.07) is 8.00. The molecule has 1 aromatic heterocycles. The number of aliphatic hydroxyl groups excluding tert-OH is 1. The van der Waals surface area contributed by atoms with Crippen LogP contribution in [0.1, 0.15) is 109 Å². The van der Waals surface area contributed by atoms with Gasteiger partial charge in [0.2, 0.25) is 23.6 Å². The van der Waals surface area contributed by atoms with Crippen LogP contribution in [0.25, 0.3) is 10.4 Å². The van der Waals surface area contributed by atoms with Crippen LogP contribution in [-0.2, 0) is 30.3 Å². The number of aryl methyl sites for hydroxylation is 3. The molecule has 1 aliphatic heterocycles. The van der Waals surface area contributed by atoms with Gasteiger partial charge in [0.05, 0.1) is 34.3 Å². The van der Waals surface area contributed by atoms with E-state index in [0.717, 1.165) is 21.7 Å². The lowest BCUT2D eigenvalue weighted by molar-refractivity contribution is -0.144. The monoisotopic (exact) mass is 852 g/mol. The number of likely N-dealkylation sites (tertiary alicyclic amines) is 1. The van der Waals surface area contributed by atoms with E-state index in [9.17, 15) is 29.1 Å². The average Bonchev–Trinajstić information content (AvgIpc) is 3.76. The van der Waals surface area contributed by atoms with Crippen molar-refractivity contribution in [3.8, 4) is 16.2 Å². The molecular weight excluding hydrogens is 792 g/mol. The number of nitrogens with zero attached hydrogens (tertiary/aromatic N) is 2. The van der Waals surface area contributed by atoms with Crippen LogP contribution >= 0.6 is 11.3 Å². The van der Waals surface area contributed by atoms with Crippen molar-refractivity contribution >= 4 is 41.1 Å². The fraction of sp³-hybridized carbons (Fsp3) is 0.545. The fourth-order valence-corrected chi connectivity index (χ4v) is 7.77. The molecule has 3 aromatic rings. The Kier molecular flexibility index (Phi) is 16.2. The Morgan fingerprint density at radius 3 is 2.30 bits per heavy atom. The third-order valence-corrected chi connectivity index (χ3v) is 11.0. The third-order valence-electron chi connectivity index (χ3n) is 10.1. The zero-order valence-corrected chi connectivity index (χ0v) is 37.0. The maximum Gasteiger partial charge on any atom is 0.407 e. The topological polar surface area (TPSA) is 202 Å². The number of halogens is 1. The second-order valence-electron chi connectivity index (χ2n) is 17.6. The number of β-amino-alcohol motifs (C(OH)–C–C–N with tert-alkyl or cyclic N) is 1. The first-order chi connectivity index (χ1) is 28.0. The van der Waals surface area contributed by atoms with Gasteiger partial charge in [-0.2, -0.15) is 0 Å². The number of primary amides is 1. The summed E-state index contributed by atoms with van der Waals surface area (Å²) in [4.78, 5) is 71.8. The Bertz CT molecular complexity index is 1990. The van der Waals surface area contributed by atoms with E-state index in [2.05, 4.69) is 20.9 Å². The largest absolute Gasteiger partial charge is 0.488 e. The van der Waals surface area contributed by atoms with Crippen molar-refractivity contribution in [2.24, 2.45) is 11.1 Å². The molecule has 328 valence electrons. The lowest BCUT2D eigenvalue weighted by atomic mass is 9.85. The highest BCUT2D eigenvalue weighted by Crippen LogP contribution is 2.30. The van der Waals surface area contributed by atoms with Crippen molar-refractivity contribution in [2.75, 3.05) is 13.2 Å². The number of thiazole rings is 1. The minimum absolute atomic E-state index is 0.0240. The first-order valence-corrected chi connectivity index (χ1v) is 21.2. The smallest absolute Gasteiger partial charge is 0.407 e. The van der Waals surface area contributed by atoms with Crippen molar-refractivity contribution in [1.29, 1.82) is 0 Å². The molecule has 1 fully saturated rings. The summed E-state index contributed by atoms with van der Waals surface area (Å²) in [5, 5.41) is 19.2. The molecule has 1 aliphatic rings. The number of hydrogen-bond donors (Lipinski definition) is 5. The summed E-state index contributed by atoms with van der Waals surface area (Å²) in [6.45, 7) is 15.9. The van der Waals surface area contributed by atoms with Crippen molar-refractivity contribution in [1.82, 2.24) is 25.8 Å². The van der Waals surface area contributed by atoms with Crippen LogP contribution < -0.4 is 26.4 Å². The number of hydrogen-bond acceptors (Lipinski definition) is 10. The van der Waals surface area contributed by atoms with Crippen LogP contribution in [0.4, 0.5) is 9.18 Å². The van der Waals surface area contributed by atoms with Crippen LogP contribution in [0.15, 0.2) is 41.9 Å². The van der Waals surface area contributed by atoms with E-state index in [4.69, 9.17) is 15.2 Å². The van der Waals surface area contributed by atoms with Gasteiger partial charge in [0.1, 0.15) is 24.3 Å². The van der Waals surface area contributed by atoms with Gasteiger partial charge in [-0.15, -0.1) is 11.3 Å². The molecule has 1 saturated heterocycles. The van der Waals surface area contributed by atoms with E-state index in [0.29, 0.717) is 11.1 Å². The molecular formula is C44H61FN6O8S. The molecule has 4 rings (SSSR count). The fourth-order valence-electron chi connectivity index (χ4n) is 6.96. The van der Waals surface area contributed by atoms with Gasteiger partial charge in [-0.1, -0.05) is 51.1 Å². The summed E-state index contributed by atoms with van der Waals surface area (Å²) in [5.41, 5.74) is 9.47. The van der Waals surface area contributed by atoms with Crippen LogP contribution in [-0.4, -0.2) is 87.7 Å². The zero-order chi connectivity index (χ0) is 44.5. The number of benzene rings is 2. The van der Waals surface area contributed by atoms with Gasteiger partial charge in [-0.05, 0) is 94.5 Å². The molecule has 2 aromatic carbocycles. The number of carbonyl (C=O) groups excluding carboxylic acids is 5. The molecule has 6 N–H and O–H groups in total. The van der Waals surface area contributed by atoms with Crippen LogP contribution in [0.2, 0.25) is 0 Å². The number of alkyl carbamates (subject to hydrolysis) is 1. The van der Waals surface area contributed by atoms with Crippen LogP contribution in [0.5, 0.6) is 5.75 Å². The Morgan fingerprint density at radius 1 is 1.02 bits per heavy atom. The van der Waals surface area contributed by atoms with E-state index in [1.165, 1.54) is 11.0 Å². The molecule has 0 radical (unpaired) electrons. The Labute approximate surface area is 356 Å². The number of aliphatic hydroxyl groups is 1. The molecule has 0 saturated carbocycles. The molecule has 2 heterocycles. The lowest BCUT2D eigenvalue weighted by Gasteiger charge is -2.35. The summed E-state index contributed by atoms with van der Waals surface area (Å²) >= 11 is 1.56. The van der Waals surface area contributed by atoms with Crippen molar-refractivity contribution in [3.63, 3.8) is 0 Å². The van der Waals surface area contributed by atoms with E-state index in [1.807, 2.05) is 58.9 Å². The normalized spacial score (nSPS) is 17.0. The Morgan fingerprint density at radius 2 is 1.70 bits per heavy atom. The van der Waals surface area contributed by atoms with Gasteiger partial charge in [0.15, 0.2) is 11.6 Å². The van der Waals surface area contributed by atoms with Gasteiger partial charge in [0, 0.05) is 25.8 Å². The van der Waals surface area contributed by atoms with Gasteiger partial charge < -0.3 is 41.2 Å². The Balaban J connectivity index is 1.36. The first kappa shape index (κ1) is 47.6. The number of amides is 5. The summed E-state index contributed by atoms with van der Waals surface area (Å²) < 4.78 is 26.9. The van der Waals surface area contributed by atoms with E-state index in [1.54, 1.807) is 50.6 Å².